The molecule has 1 fully saturated rings. The van der Waals surface area contributed by atoms with Crippen LogP contribution in [0.15, 0.2) is 6.20 Å². The maximum absolute atomic E-state index is 12.0. The van der Waals surface area contributed by atoms with Gasteiger partial charge >= 0.3 is 12.0 Å². The lowest BCUT2D eigenvalue weighted by molar-refractivity contribution is -0.141. The molecule has 7 heteroatoms. The number of carboxylic acids is 1. The molecule has 2 rings (SSSR count). The zero-order valence-corrected chi connectivity index (χ0v) is 11.1. The lowest BCUT2D eigenvalue weighted by Crippen LogP contribution is -2.45. The summed E-state index contributed by atoms with van der Waals surface area (Å²) in [5.41, 5.74) is 1.79. The molecule has 0 radical (unpaired) electrons. The van der Waals surface area contributed by atoms with E-state index in [1.807, 2.05) is 20.2 Å². The summed E-state index contributed by atoms with van der Waals surface area (Å²) in [6, 6.07) is -1.02. The van der Waals surface area contributed by atoms with E-state index in [1.165, 1.54) is 4.90 Å². The summed E-state index contributed by atoms with van der Waals surface area (Å²) in [6.07, 6.45) is 3.10. The van der Waals surface area contributed by atoms with Gasteiger partial charge in [-0.2, -0.15) is 5.10 Å². The Morgan fingerprint density at radius 3 is 2.89 bits per heavy atom. The molecule has 1 aliphatic heterocycles. The molecule has 1 aromatic rings. The van der Waals surface area contributed by atoms with E-state index < -0.39 is 12.0 Å². The van der Waals surface area contributed by atoms with Crippen LogP contribution in [0.4, 0.5) is 4.79 Å². The van der Waals surface area contributed by atoms with E-state index in [9.17, 15) is 9.59 Å². The number of urea groups is 1. The third-order valence-electron chi connectivity index (χ3n) is 3.34. The van der Waals surface area contributed by atoms with Crippen LogP contribution in [0, 0.1) is 6.92 Å². The molecule has 0 aliphatic carbocycles. The number of aromatic nitrogens is 2. The number of hydrogen-bond acceptors (Lipinski definition) is 3. The Labute approximate surface area is 111 Å². The van der Waals surface area contributed by atoms with E-state index in [1.54, 1.807) is 4.68 Å². The average molecular weight is 266 g/mol. The minimum Gasteiger partial charge on any atom is -0.480 e. The highest BCUT2D eigenvalue weighted by Gasteiger charge is 2.33. The van der Waals surface area contributed by atoms with E-state index in [4.69, 9.17) is 5.11 Å². The number of rotatable bonds is 3. The van der Waals surface area contributed by atoms with Gasteiger partial charge in [0.05, 0.1) is 5.69 Å². The number of nitrogens with zero attached hydrogens (tertiary/aromatic N) is 3. The van der Waals surface area contributed by atoms with Gasteiger partial charge in [0, 0.05) is 31.9 Å². The molecule has 104 valence electrons. The van der Waals surface area contributed by atoms with Crippen molar-refractivity contribution in [3.63, 3.8) is 0 Å². The van der Waals surface area contributed by atoms with Crippen LogP contribution in [0.2, 0.25) is 0 Å². The van der Waals surface area contributed by atoms with E-state index in [2.05, 4.69) is 10.4 Å². The largest absolute Gasteiger partial charge is 0.480 e. The number of likely N-dealkylation sites (tertiary alicyclic amines) is 1. The average Bonchev–Trinajstić information content (AvgIpc) is 2.93. The standard InChI is InChI=1S/C12H18N4O3/c1-8-9(7-15(2)14-8)6-13-12(19)16-5-3-4-10(16)11(17)18/h7,10H,3-6H2,1-2H3,(H,13,19)(H,17,18)/t10-/m0/s1. The van der Waals surface area contributed by atoms with Gasteiger partial charge in [0.25, 0.3) is 0 Å². The fourth-order valence-corrected chi connectivity index (χ4v) is 2.36. The smallest absolute Gasteiger partial charge is 0.326 e. The molecule has 7 nitrogen and oxygen atoms in total. The van der Waals surface area contributed by atoms with Crippen molar-refractivity contribution >= 4 is 12.0 Å². The second kappa shape index (κ2) is 5.29. The number of amides is 2. The van der Waals surface area contributed by atoms with E-state index in [0.29, 0.717) is 19.5 Å². The van der Waals surface area contributed by atoms with Gasteiger partial charge in [-0.05, 0) is 19.8 Å². The second-order valence-electron chi connectivity index (χ2n) is 4.76. The van der Waals surface area contributed by atoms with Crippen LogP contribution >= 0.6 is 0 Å². The molecule has 0 unspecified atom stereocenters. The predicted octanol–water partition coefficient (Wildman–Crippen LogP) is 0.487. The number of carbonyl (C=O) groups is 2. The van der Waals surface area contributed by atoms with Crippen LogP contribution < -0.4 is 5.32 Å². The van der Waals surface area contributed by atoms with E-state index >= 15 is 0 Å². The first-order valence-electron chi connectivity index (χ1n) is 6.25. The van der Waals surface area contributed by atoms with Crippen LogP contribution in [0.5, 0.6) is 0 Å². The monoisotopic (exact) mass is 266 g/mol. The van der Waals surface area contributed by atoms with Crippen LogP contribution in [0.3, 0.4) is 0 Å². The third-order valence-corrected chi connectivity index (χ3v) is 3.34. The second-order valence-corrected chi connectivity index (χ2v) is 4.76. The van der Waals surface area contributed by atoms with Crippen LogP contribution in [-0.2, 0) is 18.4 Å². The van der Waals surface area contributed by atoms with Gasteiger partial charge < -0.3 is 15.3 Å². The Hall–Kier alpha value is -2.05. The summed E-state index contributed by atoms with van der Waals surface area (Å²) >= 11 is 0. The zero-order valence-electron chi connectivity index (χ0n) is 11.1. The molecule has 0 aromatic carbocycles. The molecule has 2 amide bonds. The summed E-state index contributed by atoms with van der Waals surface area (Å²) in [7, 11) is 1.82. The van der Waals surface area contributed by atoms with Gasteiger partial charge in [0.15, 0.2) is 0 Å². The van der Waals surface area contributed by atoms with Crippen molar-refractivity contribution in [3.8, 4) is 0 Å². The van der Waals surface area contributed by atoms with E-state index in [-0.39, 0.29) is 6.03 Å². The van der Waals surface area contributed by atoms with Gasteiger partial charge in [-0.25, -0.2) is 9.59 Å². The summed E-state index contributed by atoms with van der Waals surface area (Å²) in [4.78, 5) is 24.4. The molecule has 1 saturated heterocycles. The van der Waals surface area contributed by atoms with Crippen molar-refractivity contribution in [2.45, 2.75) is 32.4 Å². The van der Waals surface area contributed by atoms with Crippen molar-refractivity contribution in [2.24, 2.45) is 7.05 Å². The van der Waals surface area contributed by atoms with Gasteiger partial charge in [-0.3, -0.25) is 4.68 Å². The predicted molar refractivity (Wildman–Crippen MR) is 67.5 cm³/mol. The third kappa shape index (κ3) is 2.86. The maximum atomic E-state index is 12.0. The highest BCUT2D eigenvalue weighted by atomic mass is 16.4. The highest BCUT2D eigenvalue weighted by Crippen LogP contribution is 2.17. The molecule has 19 heavy (non-hydrogen) atoms. The lowest BCUT2D eigenvalue weighted by atomic mass is 10.2. The summed E-state index contributed by atoms with van der Waals surface area (Å²) in [5.74, 6) is -0.940. The van der Waals surface area contributed by atoms with Crippen molar-refractivity contribution in [3.05, 3.63) is 17.5 Å². The Balaban J connectivity index is 1.94. The Bertz CT molecular complexity index is 497. The number of carboxylic acid groups (broad SMARTS) is 1. The molecule has 2 N–H and O–H groups in total. The fraction of sp³-hybridized carbons (Fsp3) is 0.583. The van der Waals surface area contributed by atoms with Crippen molar-refractivity contribution in [1.82, 2.24) is 20.0 Å². The molecule has 0 saturated carbocycles. The minimum absolute atomic E-state index is 0.326. The molecule has 1 aromatic heterocycles. The van der Waals surface area contributed by atoms with Crippen LogP contribution in [0.1, 0.15) is 24.1 Å². The van der Waals surface area contributed by atoms with Crippen molar-refractivity contribution < 1.29 is 14.7 Å². The minimum atomic E-state index is -0.940. The lowest BCUT2D eigenvalue weighted by Gasteiger charge is -2.21. The van der Waals surface area contributed by atoms with Gasteiger partial charge in [0.1, 0.15) is 6.04 Å². The Morgan fingerprint density at radius 2 is 2.32 bits per heavy atom. The summed E-state index contributed by atoms with van der Waals surface area (Å²) in [5, 5.41) is 16.0. The van der Waals surface area contributed by atoms with Crippen LogP contribution in [0.25, 0.3) is 0 Å². The quantitative estimate of drug-likeness (QED) is 0.833. The number of aryl methyl sites for hydroxylation is 2. The maximum Gasteiger partial charge on any atom is 0.326 e. The van der Waals surface area contributed by atoms with E-state index in [0.717, 1.165) is 17.7 Å². The zero-order chi connectivity index (χ0) is 14.0. The van der Waals surface area contributed by atoms with Gasteiger partial charge in [-0.15, -0.1) is 0 Å². The topological polar surface area (TPSA) is 87.5 Å². The van der Waals surface area contributed by atoms with Gasteiger partial charge in [0.2, 0.25) is 0 Å². The molecular weight excluding hydrogens is 248 g/mol. The number of aliphatic carboxylic acids is 1. The van der Waals surface area contributed by atoms with Crippen LogP contribution in [-0.4, -0.2) is 44.4 Å². The molecule has 0 spiro atoms. The number of hydrogen-bond donors (Lipinski definition) is 2. The molecular formula is C12H18N4O3. The first-order chi connectivity index (χ1) is 8.99. The van der Waals surface area contributed by atoms with Gasteiger partial charge in [-0.1, -0.05) is 0 Å². The first-order valence-corrected chi connectivity index (χ1v) is 6.25. The Kier molecular flexibility index (Phi) is 3.73. The van der Waals surface area contributed by atoms with Crippen molar-refractivity contribution in [1.29, 1.82) is 0 Å². The molecule has 1 aliphatic rings. The summed E-state index contributed by atoms with van der Waals surface area (Å²) < 4.78 is 1.69. The highest BCUT2D eigenvalue weighted by molar-refractivity contribution is 5.83. The normalized spacial score (nSPS) is 18.6. The number of carbonyl (C=O) groups excluding carboxylic acids is 1. The first kappa shape index (κ1) is 13.4. The SMILES string of the molecule is Cc1nn(C)cc1CNC(=O)N1CCC[C@H]1C(=O)O. The summed E-state index contributed by atoms with van der Waals surface area (Å²) in [6.45, 7) is 2.73. The molecule has 0 bridgehead atoms. The fourth-order valence-electron chi connectivity index (χ4n) is 2.36. The Morgan fingerprint density at radius 1 is 1.58 bits per heavy atom. The van der Waals surface area contributed by atoms with Crippen molar-refractivity contribution in [2.75, 3.05) is 6.54 Å². The molecule has 1 atom stereocenters. The number of nitrogens with one attached hydrogen (secondary N) is 1. The molecule has 2 heterocycles.